The van der Waals surface area contributed by atoms with E-state index in [2.05, 4.69) is 41.3 Å². The van der Waals surface area contributed by atoms with Crippen LogP contribution in [0.3, 0.4) is 0 Å². The molecule has 0 aliphatic heterocycles. The zero-order chi connectivity index (χ0) is 24.3. The Morgan fingerprint density at radius 2 is 2.18 bits per heavy atom. The van der Waals surface area contributed by atoms with Crippen LogP contribution in [0.4, 0.5) is 5.82 Å². The fourth-order valence-electron chi connectivity index (χ4n) is 3.96. The number of aromatic nitrogens is 5. The van der Waals surface area contributed by atoms with Crippen LogP contribution >= 0.6 is 15.9 Å². The Kier molecular flexibility index (Phi) is 7.36. The normalized spacial score (nSPS) is 19.1. The molecule has 0 aromatic carbocycles. The zero-order valence-electron chi connectivity index (χ0n) is 18.3. The molecule has 1 saturated carbocycles. The first-order valence-corrected chi connectivity index (χ1v) is 12.9. The number of hydrogen-bond acceptors (Lipinski definition) is 9. The Morgan fingerprint density at radius 3 is 2.94 bits per heavy atom. The van der Waals surface area contributed by atoms with Gasteiger partial charge in [0.15, 0.2) is 0 Å². The molecule has 1 aliphatic rings. The van der Waals surface area contributed by atoms with Gasteiger partial charge in [-0.1, -0.05) is 6.07 Å². The number of pyridine rings is 1. The van der Waals surface area contributed by atoms with E-state index in [4.69, 9.17) is 9.32 Å². The summed E-state index contributed by atoms with van der Waals surface area (Å²) in [5, 5.41) is 12.7. The van der Waals surface area contributed by atoms with Gasteiger partial charge in [-0.3, -0.25) is 13.7 Å². The second-order valence-corrected chi connectivity index (χ2v) is 10.2. The minimum atomic E-state index is -3.96. The molecule has 0 amide bonds. The lowest BCUT2D eigenvalue weighted by Crippen LogP contribution is -2.22. The van der Waals surface area contributed by atoms with Gasteiger partial charge in [0.05, 0.1) is 23.9 Å². The molecule has 3 aromatic heterocycles. The molecule has 0 radical (unpaired) electrons. The van der Waals surface area contributed by atoms with Gasteiger partial charge in [0.25, 0.3) is 0 Å². The van der Waals surface area contributed by atoms with E-state index in [0.717, 1.165) is 23.1 Å². The van der Waals surface area contributed by atoms with Crippen LogP contribution in [-0.4, -0.2) is 51.6 Å². The van der Waals surface area contributed by atoms with Crippen LogP contribution in [-0.2, 0) is 14.5 Å². The fourth-order valence-corrected chi connectivity index (χ4v) is 4.70. The van der Waals surface area contributed by atoms with Crippen molar-refractivity contribution in [1.29, 1.82) is 0 Å². The van der Waals surface area contributed by atoms with Gasteiger partial charge in [0, 0.05) is 18.4 Å². The molecule has 4 rings (SSSR count). The van der Waals surface area contributed by atoms with Crippen molar-refractivity contribution in [3.63, 3.8) is 0 Å². The molecular weight excluding hydrogens is 526 g/mol. The monoisotopic (exact) mass is 549 g/mol. The standard InChI is InChI=1S/C21H24BrN7O4S/c1-13(17-3-2-4-19(22)27-17)29-8-7-18(28-29)20(30)16-10-24-12-25-21(16)26-15-6-5-14(9-15)11-33-34(23,31)32/h2-4,7-8,10,12-15H,5-6,9,11H2,1H3,(H2,23,31,32)(H,24,25,26). The Balaban J connectivity index is 1.45. The lowest BCUT2D eigenvalue weighted by molar-refractivity contribution is 0.103. The molecule has 0 bridgehead atoms. The highest BCUT2D eigenvalue weighted by molar-refractivity contribution is 9.10. The number of nitrogens with one attached hydrogen (secondary N) is 1. The third kappa shape index (κ3) is 6.03. The van der Waals surface area contributed by atoms with Gasteiger partial charge in [-0.2, -0.15) is 13.5 Å². The van der Waals surface area contributed by atoms with Crippen molar-refractivity contribution >= 4 is 37.8 Å². The first kappa shape index (κ1) is 24.4. The molecule has 3 heterocycles. The summed E-state index contributed by atoms with van der Waals surface area (Å²) in [7, 11) is -3.96. The van der Waals surface area contributed by atoms with E-state index >= 15 is 0 Å². The zero-order valence-corrected chi connectivity index (χ0v) is 20.7. The van der Waals surface area contributed by atoms with Gasteiger partial charge >= 0.3 is 10.3 Å². The summed E-state index contributed by atoms with van der Waals surface area (Å²) in [5.41, 5.74) is 1.39. The third-order valence-corrected chi connectivity index (χ3v) is 6.62. The van der Waals surface area contributed by atoms with Crippen molar-refractivity contribution < 1.29 is 17.4 Å². The fraction of sp³-hybridized carbons (Fsp3) is 0.381. The van der Waals surface area contributed by atoms with Crippen molar-refractivity contribution in [2.24, 2.45) is 11.1 Å². The Hall–Kier alpha value is -2.74. The van der Waals surface area contributed by atoms with Gasteiger partial charge in [-0.25, -0.2) is 20.1 Å². The summed E-state index contributed by atoms with van der Waals surface area (Å²) in [6.07, 6.45) is 6.79. The highest BCUT2D eigenvalue weighted by Gasteiger charge is 2.28. The van der Waals surface area contributed by atoms with Gasteiger partial charge in [0.2, 0.25) is 5.78 Å². The number of rotatable bonds is 9. The van der Waals surface area contributed by atoms with E-state index in [0.29, 0.717) is 17.8 Å². The molecule has 0 saturated heterocycles. The predicted molar refractivity (Wildman–Crippen MR) is 127 cm³/mol. The molecule has 3 unspecified atom stereocenters. The van der Waals surface area contributed by atoms with Crippen LogP contribution in [0.1, 0.15) is 54.0 Å². The van der Waals surface area contributed by atoms with Crippen LogP contribution in [0.15, 0.2) is 47.6 Å². The molecule has 13 heteroatoms. The van der Waals surface area contributed by atoms with E-state index in [1.54, 1.807) is 16.9 Å². The SMILES string of the molecule is CC(c1cccc(Br)n1)n1ccc(C(=O)c2cncnc2NC2CCC(COS(N)(=O)=O)C2)n1. The number of hydrogen-bond donors (Lipinski definition) is 2. The molecule has 0 spiro atoms. The molecule has 34 heavy (non-hydrogen) atoms. The van der Waals surface area contributed by atoms with Crippen molar-refractivity contribution in [3.8, 4) is 0 Å². The number of nitrogens with zero attached hydrogens (tertiary/aromatic N) is 5. The number of ketones is 1. The van der Waals surface area contributed by atoms with E-state index in [1.807, 2.05) is 25.1 Å². The predicted octanol–water partition coefficient (Wildman–Crippen LogP) is 2.47. The maximum absolute atomic E-state index is 13.2. The Labute approximate surface area is 205 Å². The Morgan fingerprint density at radius 1 is 1.35 bits per heavy atom. The maximum Gasteiger partial charge on any atom is 0.333 e. The summed E-state index contributed by atoms with van der Waals surface area (Å²) >= 11 is 3.37. The van der Waals surface area contributed by atoms with Crippen molar-refractivity contribution in [3.05, 3.63) is 64.5 Å². The number of carbonyl (C=O) groups excluding carboxylic acids is 1. The average Bonchev–Trinajstić information content (AvgIpc) is 3.47. The highest BCUT2D eigenvalue weighted by atomic mass is 79.9. The van der Waals surface area contributed by atoms with Crippen LogP contribution in [0, 0.1) is 5.92 Å². The summed E-state index contributed by atoms with van der Waals surface area (Å²) in [4.78, 5) is 26.0. The van der Waals surface area contributed by atoms with Gasteiger partial charge < -0.3 is 5.32 Å². The minimum absolute atomic E-state index is 0.00992. The molecular formula is C21H24BrN7O4S. The summed E-state index contributed by atoms with van der Waals surface area (Å²) in [5.74, 6) is 0.151. The highest BCUT2D eigenvalue weighted by Crippen LogP contribution is 2.29. The van der Waals surface area contributed by atoms with Crippen molar-refractivity contribution in [1.82, 2.24) is 24.7 Å². The van der Waals surface area contributed by atoms with Crippen LogP contribution in [0.2, 0.25) is 0 Å². The van der Waals surface area contributed by atoms with E-state index in [1.165, 1.54) is 12.5 Å². The Bertz CT molecular complexity index is 1280. The van der Waals surface area contributed by atoms with Crippen LogP contribution < -0.4 is 10.5 Å². The molecule has 11 nitrogen and oxygen atoms in total. The second-order valence-electron chi connectivity index (χ2n) is 8.15. The van der Waals surface area contributed by atoms with Crippen molar-refractivity contribution in [2.75, 3.05) is 11.9 Å². The molecule has 1 fully saturated rings. The number of nitrogens with two attached hydrogens (primary N) is 1. The summed E-state index contributed by atoms with van der Waals surface area (Å²) < 4.78 is 29.2. The quantitative estimate of drug-likeness (QED) is 0.302. The first-order valence-electron chi connectivity index (χ1n) is 10.7. The second kappa shape index (κ2) is 10.3. The van der Waals surface area contributed by atoms with E-state index in [-0.39, 0.29) is 36.1 Å². The lowest BCUT2D eigenvalue weighted by Gasteiger charge is -2.16. The first-order chi connectivity index (χ1) is 16.2. The number of halogens is 1. The van der Waals surface area contributed by atoms with Crippen molar-refractivity contribution in [2.45, 2.75) is 38.3 Å². The topological polar surface area (TPSA) is 155 Å². The van der Waals surface area contributed by atoms with Gasteiger partial charge in [-0.15, -0.1) is 0 Å². The molecule has 3 aromatic rings. The molecule has 3 N–H and O–H groups in total. The molecule has 180 valence electrons. The number of anilines is 1. The maximum atomic E-state index is 13.2. The lowest BCUT2D eigenvalue weighted by atomic mass is 10.1. The summed E-state index contributed by atoms with van der Waals surface area (Å²) in [6.45, 7) is 1.99. The van der Waals surface area contributed by atoms with Crippen LogP contribution in [0.5, 0.6) is 0 Å². The van der Waals surface area contributed by atoms with E-state index in [9.17, 15) is 13.2 Å². The molecule has 1 aliphatic carbocycles. The van der Waals surface area contributed by atoms with Gasteiger partial charge in [0.1, 0.15) is 22.4 Å². The smallest absolute Gasteiger partial charge is 0.333 e. The van der Waals surface area contributed by atoms with E-state index < -0.39 is 10.3 Å². The van der Waals surface area contributed by atoms with Gasteiger partial charge in [-0.05, 0) is 66.2 Å². The minimum Gasteiger partial charge on any atom is -0.367 e. The summed E-state index contributed by atoms with van der Waals surface area (Å²) in [6, 6.07) is 7.14. The largest absolute Gasteiger partial charge is 0.367 e. The molecule has 3 atom stereocenters. The third-order valence-electron chi connectivity index (χ3n) is 5.71. The average molecular weight is 550 g/mol. The van der Waals surface area contributed by atoms with Crippen LogP contribution in [0.25, 0.3) is 0 Å². The number of carbonyl (C=O) groups is 1.